The number of fused-ring (bicyclic) bond motifs is 1. The van der Waals surface area contributed by atoms with Crippen LogP contribution in [0.25, 0.3) is 0 Å². The Hall–Kier alpha value is -2.91. The summed E-state index contributed by atoms with van der Waals surface area (Å²) in [5.41, 5.74) is 4.15. The fraction of sp³-hybridized carbons (Fsp3) is 0.238. The molecule has 156 valence electrons. The van der Waals surface area contributed by atoms with Crippen molar-refractivity contribution in [3.05, 3.63) is 65.2 Å². The van der Waals surface area contributed by atoms with E-state index in [-0.39, 0.29) is 17.3 Å². The summed E-state index contributed by atoms with van der Waals surface area (Å²) in [6.07, 6.45) is 3.57. The van der Waals surface area contributed by atoms with Gasteiger partial charge in [0.25, 0.3) is 10.0 Å². The summed E-state index contributed by atoms with van der Waals surface area (Å²) in [5.74, 6) is -0.139. The van der Waals surface area contributed by atoms with Crippen molar-refractivity contribution in [3.63, 3.8) is 0 Å². The van der Waals surface area contributed by atoms with Crippen molar-refractivity contribution < 1.29 is 13.2 Å². The molecule has 30 heavy (non-hydrogen) atoms. The van der Waals surface area contributed by atoms with Gasteiger partial charge in [-0.15, -0.1) is 11.3 Å². The molecule has 9 heteroatoms. The molecule has 1 amide bonds. The van der Waals surface area contributed by atoms with Crippen molar-refractivity contribution in [2.75, 3.05) is 28.0 Å². The lowest BCUT2D eigenvalue weighted by atomic mass is 9.99. The molecule has 0 spiro atoms. The normalized spacial score (nSPS) is 13.6. The summed E-state index contributed by atoms with van der Waals surface area (Å²) in [4.78, 5) is 18.7. The molecule has 0 radical (unpaired) electrons. The van der Waals surface area contributed by atoms with Crippen molar-refractivity contribution >= 4 is 43.8 Å². The largest absolute Gasteiger partial charge is 0.362 e. The first-order valence-electron chi connectivity index (χ1n) is 9.57. The van der Waals surface area contributed by atoms with Gasteiger partial charge in [-0.05, 0) is 55.7 Å². The van der Waals surface area contributed by atoms with E-state index in [4.69, 9.17) is 0 Å². The number of sulfonamides is 1. The minimum absolute atomic E-state index is 0.107. The minimum Gasteiger partial charge on any atom is -0.362 e. The molecule has 3 aromatic rings. The lowest BCUT2D eigenvalue weighted by Gasteiger charge is -2.31. The number of amides is 1. The molecule has 0 fully saturated rings. The topological polar surface area (TPSA) is 91.4 Å². The van der Waals surface area contributed by atoms with Crippen LogP contribution in [0, 0.1) is 6.92 Å². The lowest BCUT2D eigenvalue weighted by Crippen LogP contribution is -2.36. The van der Waals surface area contributed by atoms with Crippen LogP contribution in [0.5, 0.6) is 0 Å². The van der Waals surface area contributed by atoms with Crippen LogP contribution in [-0.4, -0.2) is 32.4 Å². The molecule has 4 rings (SSSR count). The molecule has 0 aliphatic carbocycles. The Morgan fingerprint density at radius 2 is 2.00 bits per heavy atom. The van der Waals surface area contributed by atoms with E-state index in [0.717, 1.165) is 25.1 Å². The van der Waals surface area contributed by atoms with Crippen LogP contribution in [0.3, 0.4) is 0 Å². The van der Waals surface area contributed by atoms with Crippen LogP contribution < -0.4 is 14.9 Å². The van der Waals surface area contributed by atoms with Gasteiger partial charge in [-0.3, -0.25) is 9.52 Å². The molecule has 1 aromatic heterocycles. The number of thiazole rings is 1. The zero-order chi connectivity index (χ0) is 21.1. The molecule has 2 N–H and O–H groups in total. The lowest BCUT2D eigenvalue weighted by molar-refractivity contribution is -0.115. The van der Waals surface area contributed by atoms with Crippen LogP contribution in [0.2, 0.25) is 0 Å². The molecule has 1 aliphatic heterocycles. The first-order valence-corrected chi connectivity index (χ1v) is 11.9. The fourth-order valence-electron chi connectivity index (χ4n) is 3.51. The zero-order valence-corrected chi connectivity index (χ0v) is 18.1. The third kappa shape index (κ3) is 4.63. The quantitative estimate of drug-likeness (QED) is 0.608. The SMILES string of the molecule is Cc1ccc2c(c1)CCCN2CC(=O)Nc1ccc(S(=O)(=O)Nc2nccs2)cc1. The Labute approximate surface area is 179 Å². The van der Waals surface area contributed by atoms with E-state index in [1.807, 2.05) is 0 Å². The van der Waals surface area contributed by atoms with Crippen LogP contribution in [-0.2, 0) is 21.2 Å². The molecule has 2 heterocycles. The standard InChI is InChI=1S/C21H22N4O3S2/c1-15-4-9-19-16(13-15)3-2-11-25(19)14-20(26)23-17-5-7-18(8-6-17)30(27,28)24-21-22-10-12-29-21/h4-10,12-13H,2-3,11,14H2,1H3,(H,22,24)(H,23,26). The van der Waals surface area contributed by atoms with E-state index in [1.54, 1.807) is 17.5 Å². The van der Waals surface area contributed by atoms with Crippen molar-refractivity contribution in [1.82, 2.24) is 4.98 Å². The van der Waals surface area contributed by atoms with Crippen molar-refractivity contribution in [2.45, 2.75) is 24.7 Å². The van der Waals surface area contributed by atoms with Gasteiger partial charge in [0.2, 0.25) is 5.91 Å². The highest BCUT2D eigenvalue weighted by molar-refractivity contribution is 7.93. The summed E-state index contributed by atoms with van der Waals surface area (Å²) < 4.78 is 27.2. The van der Waals surface area contributed by atoms with Crippen molar-refractivity contribution in [3.8, 4) is 0 Å². The summed E-state index contributed by atoms with van der Waals surface area (Å²) >= 11 is 1.21. The monoisotopic (exact) mass is 442 g/mol. The number of carbonyl (C=O) groups excluding carboxylic acids is 1. The van der Waals surface area contributed by atoms with Gasteiger partial charge in [0.15, 0.2) is 5.13 Å². The predicted molar refractivity (Wildman–Crippen MR) is 120 cm³/mol. The third-order valence-corrected chi connectivity index (χ3v) is 7.06. The molecular weight excluding hydrogens is 420 g/mol. The number of hydrogen-bond donors (Lipinski definition) is 2. The minimum atomic E-state index is -3.71. The molecule has 7 nitrogen and oxygen atoms in total. The van der Waals surface area contributed by atoms with Crippen LogP contribution in [0.1, 0.15) is 17.5 Å². The van der Waals surface area contributed by atoms with Gasteiger partial charge in [0, 0.05) is 29.5 Å². The maximum Gasteiger partial charge on any atom is 0.263 e. The first kappa shape index (κ1) is 20.4. The Kier molecular flexibility index (Phi) is 5.74. The van der Waals surface area contributed by atoms with Gasteiger partial charge >= 0.3 is 0 Å². The van der Waals surface area contributed by atoms with Crippen LogP contribution in [0.15, 0.2) is 58.9 Å². The second-order valence-corrected chi connectivity index (χ2v) is 9.75. The maximum absolute atomic E-state index is 12.6. The Morgan fingerprint density at radius 3 is 2.73 bits per heavy atom. The Morgan fingerprint density at radius 1 is 1.20 bits per heavy atom. The molecule has 0 bridgehead atoms. The second-order valence-electron chi connectivity index (χ2n) is 7.17. The number of carbonyl (C=O) groups is 1. The Bertz CT molecular complexity index is 1140. The number of aryl methyl sites for hydroxylation is 2. The average Bonchev–Trinajstić information content (AvgIpc) is 3.20. The highest BCUT2D eigenvalue weighted by Gasteiger charge is 2.20. The number of hydrogen-bond acceptors (Lipinski definition) is 6. The van der Waals surface area contributed by atoms with Gasteiger partial charge in [-0.1, -0.05) is 17.7 Å². The molecule has 0 saturated heterocycles. The van der Waals surface area contributed by atoms with Gasteiger partial charge in [0.05, 0.1) is 11.4 Å². The highest BCUT2D eigenvalue weighted by Crippen LogP contribution is 2.28. The molecule has 0 atom stereocenters. The van der Waals surface area contributed by atoms with Gasteiger partial charge in [-0.2, -0.15) is 0 Å². The fourth-order valence-corrected chi connectivity index (χ4v) is 5.30. The van der Waals surface area contributed by atoms with Gasteiger partial charge < -0.3 is 10.2 Å². The summed E-state index contributed by atoms with van der Waals surface area (Å²) in [6, 6.07) is 12.4. The second kappa shape index (κ2) is 8.45. The Balaban J connectivity index is 1.40. The van der Waals surface area contributed by atoms with E-state index >= 15 is 0 Å². The van der Waals surface area contributed by atoms with E-state index in [0.29, 0.717) is 10.8 Å². The highest BCUT2D eigenvalue weighted by atomic mass is 32.2. The first-order chi connectivity index (χ1) is 14.4. The predicted octanol–water partition coefficient (Wildman–Crippen LogP) is 3.64. The number of nitrogens with zero attached hydrogens (tertiary/aromatic N) is 2. The average molecular weight is 443 g/mol. The number of benzene rings is 2. The number of rotatable bonds is 6. The summed E-state index contributed by atoms with van der Waals surface area (Å²) in [6.45, 7) is 3.16. The zero-order valence-electron chi connectivity index (χ0n) is 16.5. The van der Waals surface area contributed by atoms with E-state index in [9.17, 15) is 13.2 Å². The molecule has 2 aromatic carbocycles. The van der Waals surface area contributed by atoms with Crippen LogP contribution in [0.4, 0.5) is 16.5 Å². The van der Waals surface area contributed by atoms with Gasteiger partial charge in [0.1, 0.15) is 0 Å². The maximum atomic E-state index is 12.6. The van der Waals surface area contributed by atoms with E-state index in [1.165, 1.54) is 40.8 Å². The molecular formula is C21H22N4O3S2. The molecule has 0 saturated carbocycles. The van der Waals surface area contributed by atoms with Gasteiger partial charge in [-0.25, -0.2) is 13.4 Å². The van der Waals surface area contributed by atoms with Crippen molar-refractivity contribution in [1.29, 1.82) is 0 Å². The summed E-state index contributed by atoms with van der Waals surface area (Å²) in [5, 5.41) is 4.85. The smallest absolute Gasteiger partial charge is 0.263 e. The number of anilines is 3. The van der Waals surface area contributed by atoms with Crippen LogP contribution >= 0.6 is 11.3 Å². The number of nitrogens with one attached hydrogen (secondary N) is 2. The third-order valence-electron chi connectivity index (χ3n) is 4.89. The molecule has 1 aliphatic rings. The van der Waals surface area contributed by atoms with E-state index in [2.05, 4.69) is 45.0 Å². The van der Waals surface area contributed by atoms with Crippen molar-refractivity contribution in [2.24, 2.45) is 0 Å². The summed E-state index contributed by atoms with van der Waals surface area (Å²) in [7, 11) is -3.71. The molecule has 0 unspecified atom stereocenters. The van der Waals surface area contributed by atoms with E-state index < -0.39 is 10.0 Å². The number of aromatic nitrogens is 1.